The molecule has 2 amide bonds. The van der Waals surface area contributed by atoms with Gasteiger partial charge in [-0.1, -0.05) is 0 Å². The minimum Gasteiger partial charge on any atom is -0.368 e. The summed E-state index contributed by atoms with van der Waals surface area (Å²) in [5.41, 5.74) is 9.90. The molecule has 17 heavy (non-hydrogen) atoms. The van der Waals surface area contributed by atoms with Gasteiger partial charge in [0.15, 0.2) is 0 Å². The van der Waals surface area contributed by atoms with Crippen LogP contribution in [0, 0.1) is 0 Å². The fourth-order valence-corrected chi connectivity index (χ4v) is 1.23. The van der Waals surface area contributed by atoms with Crippen molar-refractivity contribution >= 4 is 11.8 Å². The molecular weight excluding hydrogens is 220 g/mol. The maximum Gasteiger partial charge on any atom is 0.240 e. The Morgan fingerprint density at radius 2 is 1.88 bits per heavy atom. The molecule has 0 aliphatic carbocycles. The molecular formula is C11H24N4O2. The maximum atomic E-state index is 11.8. The van der Waals surface area contributed by atoms with Gasteiger partial charge in [-0.25, -0.2) is 0 Å². The van der Waals surface area contributed by atoms with Crippen LogP contribution in [0.15, 0.2) is 0 Å². The highest BCUT2D eigenvalue weighted by Gasteiger charge is 2.28. The summed E-state index contributed by atoms with van der Waals surface area (Å²) in [5, 5.41) is 5.52. The molecule has 1 atom stereocenters. The molecule has 0 radical (unpaired) electrons. The van der Waals surface area contributed by atoms with Crippen molar-refractivity contribution in [2.24, 2.45) is 11.5 Å². The minimum atomic E-state index is -0.721. The molecule has 0 aliphatic rings. The van der Waals surface area contributed by atoms with Crippen LogP contribution in [0.3, 0.4) is 0 Å². The van der Waals surface area contributed by atoms with Gasteiger partial charge in [0.25, 0.3) is 0 Å². The Labute approximate surface area is 102 Å². The Bertz CT molecular complexity index is 266. The van der Waals surface area contributed by atoms with Gasteiger partial charge < -0.3 is 22.1 Å². The van der Waals surface area contributed by atoms with E-state index in [9.17, 15) is 9.59 Å². The van der Waals surface area contributed by atoms with E-state index in [2.05, 4.69) is 10.6 Å². The quantitative estimate of drug-likeness (QED) is 0.414. The number of unbranched alkanes of at least 4 members (excludes halogenated alkanes) is 1. The molecule has 0 aromatic rings. The maximum absolute atomic E-state index is 11.8. The molecule has 0 aromatic heterocycles. The molecule has 0 aromatic carbocycles. The van der Waals surface area contributed by atoms with Crippen molar-refractivity contribution in [2.45, 2.75) is 44.7 Å². The van der Waals surface area contributed by atoms with Crippen molar-refractivity contribution < 1.29 is 9.59 Å². The number of likely N-dealkylation sites (N-methyl/N-ethyl adjacent to an activating group) is 1. The van der Waals surface area contributed by atoms with Crippen molar-refractivity contribution in [3.8, 4) is 0 Å². The van der Waals surface area contributed by atoms with Gasteiger partial charge in [0.05, 0.1) is 5.54 Å². The zero-order chi connectivity index (χ0) is 13.5. The van der Waals surface area contributed by atoms with Crippen LogP contribution in [0.1, 0.15) is 33.1 Å². The number of hydrogen-bond donors (Lipinski definition) is 4. The average Bonchev–Trinajstić information content (AvgIpc) is 2.27. The zero-order valence-corrected chi connectivity index (χ0v) is 10.9. The molecule has 0 aliphatic heterocycles. The second kappa shape index (κ2) is 7.24. The number of rotatable bonds is 8. The lowest BCUT2D eigenvalue weighted by Crippen LogP contribution is -2.56. The summed E-state index contributed by atoms with van der Waals surface area (Å²) in [6.07, 6.45) is 2.11. The van der Waals surface area contributed by atoms with Gasteiger partial charge in [-0.2, -0.15) is 0 Å². The average molecular weight is 244 g/mol. The van der Waals surface area contributed by atoms with Crippen molar-refractivity contribution in [2.75, 3.05) is 13.6 Å². The molecule has 0 rings (SSSR count). The minimum absolute atomic E-state index is 0.239. The Morgan fingerprint density at radius 3 is 2.29 bits per heavy atom. The van der Waals surface area contributed by atoms with Crippen LogP contribution in [0.4, 0.5) is 0 Å². The first-order valence-electron chi connectivity index (χ1n) is 5.84. The smallest absolute Gasteiger partial charge is 0.240 e. The highest BCUT2D eigenvalue weighted by Crippen LogP contribution is 2.05. The van der Waals surface area contributed by atoms with Gasteiger partial charge in [-0.15, -0.1) is 0 Å². The fraction of sp³-hybridized carbons (Fsp3) is 0.818. The van der Waals surface area contributed by atoms with Crippen molar-refractivity contribution in [3.63, 3.8) is 0 Å². The lowest BCUT2D eigenvalue weighted by molar-refractivity contribution is -0.131. The molecule has 100 valence electrons. The first-order valence-corrected chi connectivity index (χ1v) is 5.84. The molecule has 0 heterocycles. The van der Waals surface area contributed by atoms with Crippen LogP contribution in [0.25, 0.3) is 0 Å². The van der Waals surface area contributed by atoms with Crippen molar-refractivity contribution in [1.82, 2.24) is 10.6 Å². The van der Waals surface area contributed by atoms with Gasteiger partial charge in [0.2, 0.25) is 11.8 Å². The van der Waals surface area contributed by atoms with Gasteiger partial charge >= 0.3 is 0 Å². The SMILES string of the molecule is CNC(C)(C)C(=O)N[C@@H](CCCCN)C(N)=O. The largest absolute Gasteiger partial charge is 0.368 e. The monoisotopic (exact) mass is 244 g/mol. The molecule has 0 spiro atoms. The predicted octanol–water partition coefficient (Wildman–Crippen LogP) is -0.916. The summed E-state index contributed by atoms with van der Waals surface area (Å²) in [6.45, 7) is 4.04. The van der Waals surface area contributed by atoms with E-state index in [1.54, 1.807) is 20.9 Å². The first-order chi connectivity index (χ1) is 7.85. The van der Waals surface area contributed by atoms with Crippen molar-refractivity contribution in [3.05, 3.63) is 0 Å². The second-order valence-electron chi connectivity index (χ2n) is 4.59. The fourth-order valence-electron chi connectivity index (χ4n) is 1.23. The summed E-state index contributed by atoms with van der Waals surface area (Å²) < 4.78 is 0. The normalized spacial score (nSPS) is 13.2. The number of amides is 2. The van der Waals surface area contributed by atoms with E-state index < -0.39 is 17.5 Å². The van der Waals surface area contributed by atoms with Gasteiger partial charge in [0.1, 0.15) is 6.04 Å². The summed E-state index contributed by atoms with van der Waals surface area (Å²) in [4.78, 5) is 23.0. The molecule has 0 bridgehead atoms. The zero-order valence-electron chi connectivity index (χ0n) is 10.9. The first kappa shape index (κ1) is 15.9. The number of hydrogen-bond acceptors (Lipinski definition) is 4. The van der Waals surface area contributed by atoms with E-state index in [0.29, 0.717) is 13.0 Å². The molecule has 0 saturated carbocycles. The third-order valence-corrected chi connectivity index (χ3v) is 2.79. The standard InChI is InChI=1S/C11H24N4O2/c1-11(2,14-3)10(17)15-8(9(13)16)6-4-5-7-12/h8,14H,4-7,12H2,1-3H3,(H2,13,16)(H,15,17)/t8-/m0/s1. The number of carbonyl (C=O) groups excluding carboxylic acids is 2. The summed E-state index contributed by atoms with van der Waals surface area (Å²) in [5.74, 6) is -0.751. The lowest BCUT2D eigenvalue weighted by atomic mass is 10.0. The van der Waals surface area contributed by atoms with Crippen LogP contribution in [0.2, 0.25) is 0 Å². The number of primary amides is 1. The second-order valence-corrected chi connectivity index (χ2v) is 4.59. The topological polar surface area (TPSA) is 110 Å². The highest BCUT2D eigenvalue weighted by atomic mass is 16.2. The van der Waals surface area contributed by atoms with E-state index in [0.717, 1.165) is 12.8 Å². The van der Waals surface area contributed by atoms with Gasteiger partial charge in [0, 0.05) is 0 Å². The summed E-state index contributed by atoms with van der Waals surface area (Å²) in [6, 6.07) is -0.623. The van der Waals surface area contributed by atoms with Gasteiger partial charge in [-0.05, 0) is 46.7 Å². The van der Waals surface area contributed by atoms with E-state index in [1.165, 1.54) is 0 Å². The number of carbonyl (C=O) groups is 2. The van der Waals surface area contributed by atoms with Crippen molar-refractivity contribution in [1.29, 1.82) is 0 Å². The van der Waals surface area contributed by atoms with Gasteiger partial charge in [-0.3, -0.25) is 9.59 Å². The Balaban J connectivity index is 4.35. The third-order valence-electron chi connectivity index (χ3n) is 2.79. The number of nitrogens with one attached hydrogen (secondary N) is 2. The summed E-state index contributed by atoms with van der Waals surface area (Å²) in [7, 11) is 1.69. The van der Waals surface area contributed by atoms with Crippen LogP contribution < -0.4 is 22.1 Å². The van der Waals surface area contributed by atoms with E-state index >= 15 is 0 Å². The highest BCUT2D eigenvalue weighted by molar-refractivity contribution is 5.90. The lowest BCUT2D eigenvalue weighted by Gasteiger charge is -2.25. The Hall–Kier alpha value is -1.14. The van der Waals surface area contributed by atoms with Crippen LogP contribution in [-0.2, 0) is 9.59 Å². The van der Waals surface area contributed by atoms with Crippen LogP contribution in [-0.4, -0.2) is 37.0 Å². The molecule has 6 N–H and O–H groups in total. The summed E-state index contributed by atoms with van der Waals surface area (Å²) >= 11 is 0. The molecule has 0 unspecified atom stereocenters. The third kappa shape index (κ3) is 5.65. The van der Waals surface area contributed by atoms with Crippen LogP contribution >= 0.6 is 0 Å². The molecule has 6 nitrogen and oxygen atoms in total. The Morgan fingerprint density at radius 1 is 1.29 bits per heavy atom. The molecule has 0 fully saturated rings. The van der Waals surface area contributed by atoms with Crippen LogP contribution in [0.5, 0.6) is 0 Å². The molecule has 0 saturated heterocycles. The Kier molecular flexibility index (Phi) is 6.75. The molecule has 6 heteroatoms. The predicted molar refractivity (Wildman–Crippen MR) is 67.2 cm³/mol. The van der Waals surface area contributed by atoms with E-state index in [4.69, 9.17) is 11.5 Å². The number of nitrogens with two attached hydrogens (primary N) is 2. The van der Waals surface area contributed by atoms with E-state index in [1.807, 2.05) is 0 Å². The van der Waals surface area contributed by atoms with E-state index in [-0.39, 0.29) is 5.91 Å².